The van der Waals surface area contributed by atoms with E-state index in [0.29, 0.717) is 21.3 Å². The zero-order valence-corrected chi connectivity index (χ0v) is 19.2. The van der Waals surface area contributed by atoms with Gasteiger partial charge in [-0.05, 0) is 56.4 Å². The van der Waals surface area contributed by atoms with E-state index in [1.54, 1.807) is 25.3 Å². The van der Waals surface area contributed by atoms with Gasteiger partial charge in [0.25, 0.3) is 5.91 Å². The molecule has 1 aliphatic rings. The number of benzene rings is 1. The number of nitrogens with one attached hydrogen (secondary N) is 1. The summed E-state index contributed by atoms with van der Waals surface area (Å²) in [4.78, 5) is 26.3. The van der Waals surface area contributed by atoms with Crippen LogP contribution in [-0.4, -0.2) is 36.1 Å². The molecule has 3 heterocycles. The fourth-order valence-corrected chi connectivity index (χ4v) is 5.19. The number of aromatic nitrogens is 2. The van der Waals surface area contributed by atoms with Gasteiger partial charge in [-0.2, -0.15) is 0 Å². The molecule has 1 amide bonds. The summed E-state index contributed by atoms with van der Waals surface area (Å²) >= 11 is 7.60. The first-order chi connectivity index (χ1) is 14.4. The van der Waals surface area contributed by atoms with Gasteiger partial charge in [-0.3, -0.25) is 4.79 Å². The van der Waals surface area contributed by atoms with E-state index in [0.717, 1.165) is 59.3 Å². The minimum atomic E-state index is -0.174. The highest BCUT2D eigenvalue weighted by molar-refractivity contribution is 7.20. The van der Waals surface area contributed by atoms with Gasteiger partial charge in [0, 0.05) is 18.8 Å². The number of fused-ring (bicyclic) bond motifs is 1. The molecule has 4 rings (SSSR count). The molecule has 0 atom stereocenters. The topological polar surface area (TPSA) is 67.3 Å². The highest BCUT2D eigenvalue weighted by Gasteiger charge is 2.25. The lowest BCUT2D eigenvalue weighted by Crippen LogP contribution is -2.33. The highest BCUT2D eigenvalue weighted by Crippen LogP contribution is 2.37. The molecule has 0 radical (unpaired) electrons. The Labute approximate surface area is 185 Å². The Bertz CT molecular complexity index is 1110. The fourth-order valence-electron chi connectivity index (χ4n) is 3.82. The van der Waals surface area contributed by atoms with E-state index in [-0.39, 0.29) is 5.91 Å². The Morgan fingerprint density at radius 2 is 2.00 bits per heavy atom. The second-order valence-corrected chi connectivity index (χ2v) is 9.21. The maximum Gasteiger partial charge on any atom is 0.266 e. The minimum absolute atomic E-state index is 0.174. The third kappa shape index (κ3) is 3.96. The van der Waals surface area contributed by atoms with E-state index < -0.39 is 0 Å². The number of methoxy groups -OCH3 is 1. The lowest BCUT2D eigenvalue weighted by molar-refractivity contribution is 0.103. The van der Waals surface area contributed by atoms with Gasteiger partial charge in [-0.1, -0.05) is 18.5 Å². The number of rotatable bonds is 4. The van der Waals surface area contributed by atoms with Crippen molar-refractivity contribution in [3.8, 4) is 5.75 Å². The molecule has 6 nitrogen and oxygen atoms in total. The molecule has 1 aliphatic heterocycles. The molecule has 30 heavy (non-hydrogen) atoms. The van der Waals surface area contributed by atoms with Crippen molar-refractivity contribution in [2.45, 2.75) is 33.6 Å². The number of thiophene rings is 1. The first-order valence-corrected chi connectivity index (χ1v) is 11.2. The quantitative estimate of drug-likeness (QED) is 0.578. The number of piperidine rings is 1. The number of halogens is 1. The predicted octanol–water partition coefficient (Wildman–Crippen LogP) is 5.46. The Morgan fingerprint density at radius 1 is 1.27 bits per heavy atom. The van der Waals surface area contributed by atoms with Gasteiger partial charge in [-0.25, -0.2) is 9.97 Å². The van der Waals surface area contributed by atoms with Crippen LogP contribution in [0.15, 0.2) is 18.2 Å². The minimum Gasteiger partial charge on any atom is -0.495 e. The third-order valence-corrected chi connectivity index (χ3v) is 7.06. The molecule has 0 unspecified atom stereocenters. The van der Waals surface area contributed by atoms with Crippen molar-refractivity contribution in [1.29, 1.82) is 0 Å². The van der Waals surface area contributed by atoms with Crippen molar-refractivity contribution in [1.82, 2.24) is 9.97 Å². The lowest BCUT2D eigenvalue weighted by atomic mass is 9.99. The summed E-state index contributed by atoms with van der Waals surface area (Å²) in [6.07, 6.45) is 2.30. The molecule has 0 bridgehead atoms. The monoisotopic (exact) mass is 444 g/mol. The molecule has 158 valence electrons. The highest BCUT2D eigenvalue weighted by atomic mass is 35.5. The van der Waals surface area contributed by atoms with Gasteiger partial charge in [0.2, 0.25) is 0 Å². The second-order valence-electron chi connectivity index (χ2n) is 7.80. The van der Waals surface area contributed by atoms with Crippen LogP contribution in [0, 0.1) is 19.8 Å². The summed E-state index contributed by atoms with van der Waals surface area (Å²) in [7, 11) is 1.56. The largest absolute Gasteiger partial charge is 0.495 e. The Kier molecular flexibility index (Phi) is 5.84. The van der Waals surface area contributed by atoms with E-state index in [1.165, 1.54) is 11.3 Å². The van der Waals surface area contributed by atoms with Crippen molar-refractivity contribution in [3.05, 3.63) is 39.5 Å². The van der Waals surface area contributed by atoms with Gasteiger partial charge in [0.1, 0.15) is 22.2 Å². The Balaban J connectivity index is 1.68. The van der Waals surface area contributed by atoms with E-state index in [9.17, 15) is 4.79 Å². The number of anilines is 2. The molecule has 2 aromatic heterocycles. The average molecular weight is 445 g/mol. The maximum absolute atomic E-state index is 13.0. The number of carbonyl (C=O) groups is 1. The van der Waals surface area contributed by atoms with Crippen LogP contribution in [0.5, 0.6) is 5.75 Å². The molecule has 3 aromatic rings. The van der Waals surface area contributed by atoms with Crippen molar-refractivity contribution in [2.75, 3.05) is 30.4 Å². The number of nitrogens with zero attached hydrogens (tertiary/aromatic N) is 3. The third-order valence-electron chi connectivity index (χ3n) is 5.58. The average Bonchev–Trinajstić information content (AvgIpc) is 3.04. The van der Waals surface area contributed by atoms with E-state index in [4.69, 9.17) is 21.3 Å². The lowest BCUT2D eigenvalue weighted by Gasteiger charge is -2.31. The summed E-state index contributed by atoms with van der Waals surface area (Å²) in [5.74, 6) is 2.81. The van der Waals surface area contributed by atoms with Gasteiger partial charge < -0.3 is 15.0 Å². The fraction of sp³-hybridized carbons (Fsp3) is 0.409. The van der Waals surface area contributed by atoms with Crippen LogP contribution in [0.1, 0.15) is 40.8 Å². The van der Waals surface area contributed by atoms with Crippen molar-refractivity contribution < 1.29 is 9.53 Å². The van der Waals surface area contributed by atoms with Crippen LogP contribution in [-0.2, 0) is 0 Å². The van der Waals surface area contributed by atoms with Crippen molar-refractivity contribution in [2.24, 2.45) is 5.92 Å². The standard InChI is InChI=1S/C22H25ClN4O2S/c1-12-7-9-27(10-8-12)20-18-13(2)19(30-22(18)25-14(3)24-20)21(28)26-15-5-6-17(29-4)16(23)11-15/h5-6,11-12H,7-10H2,1-4H3,(H,26,28). The zero-order valence-electron chi connectivity index (χ0n) is 17.6. The molecule has 1 fully saturated rings. The van der Waals surface area contributed by atoms with Crippen LogP contribution >= 0.6 is 22.9 Å². The molecule has 8 heteroatoms. The molecule has 0 saturated carbocycles. The van der Waals surface area contributed by atoms with E-state index >= 15 is 0 Å². The first-order valence-electron chi connectivity index (χ1n) is 10.0. The van der Waals surface area contributed by atoms with E-state index in [1.807, 2.05) is 13.8 Å². The van der Waals surface area contributed by atoms with E-state index in [2.05, 4.69) is 22.1 Å². The van der Waals surface area contributed by atoms with Gasteiger partial charge in [0.05, 0.1) is 22.4 Å². The van der Waals surface area contributed by atoms with Crippen LogP contribution in [0.3, 0.4) is 0 Å². The number of amides is 1. The molecule has 1 saturated heterocycles. The number of hydrogen-bond donors (Lipinski definition) is 1. The van der Waals surface area contributed by atoms with Gasteiger partial charge in [-0.15, -0.1) is 11.3 Å². The summed E-state index contributed by atoms with van der Waals surface area (Å²) in [6, 6.07) is 5.20. The molecule has 0 spiro atoms. The smallest absolute Gasteiger partial charge is 0.266 e. The number of aryl methyl sites for hydroxylation is 2. The summed E-state index contributed by atoms with van der Waals surface area (Å²) in [5.41, 5.74) is 1.54. The second kappa shape index (κ2) is 8.40. The Morgan fingerprint density at radius 3 is 2.67 bits per heavy atom. The van der Waals surface area contributed by atoms with Crippen molar-refractivity contribution >= 4 is 50.6 Å². The van der Waals surface area contributed by atoms with Crippen molar-refractivity contribution in [3.63, 3.8) is 0 Å². The number of hydrogen-bond acceptors (Lipinski definition) is 6. The molecule has 1 aromatic carbocycles. The molecule has 1 N–H and O–H groups in total. The summed E-state index contributed by atoms with van der Waals surface area (Å²) in [6.45, 7) is 8.14. The van der Waals surface area contributed by atoms with Gasteiger partial charge >= 0.3 is 0 Å². The van der Waals surface area contributed by atoms with Gasteiger partial charge in [0.15, 0.2) is 0 Å². The zero-order chi connectivity index (χ0) is 21.4. The SMILES string of the molecule is COc1ccc(NC(=O)c2sc3nc(C)nc(N4CCC(C)CC4)c3c2C)cc1Cl. The summed E-state index contributed by atoms with van der Waals surface area (Å²) in [5, 5.41) is 4.38. The normalized spacial score (nSPS) is 14.9. The maximum atomic E-state index is 13.0. The molecular weight excluding hydrogens is 420 g/mol. The molecular formula is C22H25ClN4O2S. The first kappa shape index (κ1) is 20.9. The van der Waals surface area contributed by atoms with Crippen LogP contribution < -0.4 is 15.0 Å². The van der Waals surface area contributed by atoms with Crippen LogP contribution in [0.2, 0.25) is 5.02 Å². The summed E-state index contributed by atoms with van der Waals surface area (Å²) < 4.78 is 5.17. The van der Waals surface area contributed by atoms with Crippen LogP contribution in [0.25, 0.3) is 10.2 Å². The molecule has 0 aliphatic carbocycles. The Hall–Kier alpha value is -2.38. The number of carbonyl (C=O) groups excluding carboxylic acids is 1. The van der Waals surface area contributed by atoms with Crippen LogP contribution in [0.4, 0.5) is 11.5 Å². The predicted molar refractivity (Wildman–Crippen MR) is 123 cm³/mol. The number of ether oxygens (including phenoxy) is 1.